The van der Waals surface area contributed by atoms with Crippen LogP contribution in [0.15, 0.2) is 35.5 Å². The topological polar surface area (TPSA) is 60.8 Å². The van der Waals surface area contributed by atoms with Crippen LogP contribution in [0.1, 0.15) is 43.2 Å². The first-order valence-electron chi connectivity index (χ1n) is 12.1. The molecule has 6 heteroatoms. The van der Waals surface area contributed by atoms with E-state index in [-0.39, 0.29) is 0 Å². The lowest BCUT2D eigenvalue weighted by molar-refractivity contribution is -0.135. The number of carbonyl (C=O) groups is 1. The first kappa shape index (κ1) is 21.5. The highest BCUT2D eigenvalue weighted by atomic mass is 16.2. The van der Waals surface area contributed by atoms with E-state index in [1.807, 2.05) is 18.5 Å². The Morgan fingerprint density at radius 3 is 2.78 bits per heavy atom. The van der Waals surface area contributed by atoms with E-state index >= 15 is 0 Å². The van der Waals surface area contributed by atoms with Gasteiger partial charge in [-0.3, -0.25) is 19.7 Å². The number of hydrogen-bond donors (Lipinski definition) is 1. The van der Waals surface area contributed by atoms with Crippen molar-refractivity contribution in [2.75, 3.05) is 52.9 Å². The number of likely N-dealkylation sites (tertiary alicyclic amines) is 2. The molecular formula is C26H35N5O. The minimum Gasteiger partial charge on any atom is -0.341 e. The number of hydrogen-bond acceptors (Lipinski definition) is 5. The van der Waals surface area contributed by atoms with Crippen molar-refractivity contribution in [3.63, 3.8) is 0 Å². The Balaban J connectivity index is 1.30. The quantitative estimate of drug-likeness (QED) is 0.754. The molecule has 0 bridgehead atoms. The van der Waals surface area contributed by atoms with Crippen LogP contribution in [0.5, 0.6) is 0 Å². The van der Waals surface area contributed by atoms with E-state index < -0.39 is 0 Å². The van der Waals surface area contributed by atoms with Crippen LogP contribution >= 0.6 is 0 Å². The SMILES string of the molecule is CN=Cc1ccc([C@H]2C[C@@H](C)CN(C(=O)CN3CCC4(CC3)CNC4)C2)c2cccnc12. The molecule has 3 aliphatic rings. The highest BCUT2D eigenvalue weighted by Gasteiger charge is 2.40. The second-order valence-corrected chi connectivity index (χ2v) is 10.2. The fraction of sp³-hybridized carbons (Fsp3) is 0.577. The molecule has 1 spiro atoms. The predicted octanol–water partition coefficient (Wildman–Crippen LogP) is 2.92. The molecule has 0 aliphatic carbocycles. The first-order valence-corrected chi connectivity index (χ1v) is 12.1. The third-order valence-corrected chi connectivity index (χ3v) is 7.83. The Labute approximate surface area is 191 Å². The Kier molecular flexibility index (Phi) is 5.99. The van der Waals surface area contributed by atoms with Crippen LogP contribution in [0, 0.1) is 11.3 Å². The maximum Gasteiger partial charge on any atom is 0.236 e. The van der Waals surface area contributed by atoms with Crippen LogP contribution in [-0.2, 0) is 4.79 Å². The molecule has 4 heterocycles. The van der Waals surface area contributed by atoms with Crippen LogP contribution in [-0.4, -0.2) is 79.8 Å². The predicted molar refractivity (Wildman–Crippen MR) is 129 cm³/mol. The largest absolute Gasteiger partial charge is 0.341 e. The molecule has 1 aromatic heterocycles. The van der Waals surface area contributed by atoms with Crippen LogP contribution < -0.4 is 5.32 Å². The molecule has 5 rings (SSSR count). The second-order valence-electron chi connectivity index (χ2n) is 10.2. The molecule has 3 saturated heterocycles. The van der Waals surface area contributed by atoms with Gasteiger partial charge in [0.25, 0.3) is 0 Å². The van der Waals surface area contributed by atoms with Gasteiger partial charge in [-0.25, -0.2) is 0 Å². The monoisotopic (exact) mass is 433 g/mol. The Hall–Kier alpha value is -2.31. The minimum absolute atomic E-state index is 0.293. The van der Waals surface area contributed by atoms with Crippen LogP contribution in [0.4, 0.5) is 0 Å². The molecule has 0 saturated carbocycles. The maximum atomic E-state index is 13.3. The van der Waals surface area contributed by atoms with E-state index in [1.54, 1.807) is 7.05 Å². The van der Waals surface area contributed by atoms with Gasteiger partial charge in [-0.05, 0) is 55.3 Å². The van der Waals surface area contributed by atoms with Crippen molar-refractivity contribution < 1.29 is 4.79 Å². The summed E-state index contributed by atoms with van der Waals surface area (Å²) in [4.78, 5) is 26.6. The van der Waals surface area contributed by atoms with Crippen molar-refractivity contribution in [2.45, 2.75) is 32.1 Å². The van der Waals surface area contributed by atoms with Crippen molar-refractivity contribution in [1.29, 1.82) is 0 Å². The van der Waals surface area contributed by atoms with Gasteiger partial charge >= 0.3 is 0 Å². The van der Waals surface area contributed by atoms with Crippen molar-refractivity contribution in [3.8, 4) is 0 Å². The lowest BCUT2D eigenvalue weighted by Gasteiger charge is -2.48. The highest BCUT2D eigenvalue weighted by molar-refractivity contribution is 5.99. The van der Waals surface area contributed by atoms with E-state index in [9.17, 15) is 4.79 Å². The summed E-state index contributed by atoms with van der Waals surface area (Å²) in [6.07, 6.45) is 7.27. The summed E-state index contributed by atoms with van der Waals surface area (Å²) in [6.45, 7) is 8.94. The van der Waals surface area contributed by atoms with Gasteiger partial charge < -0.3 is 10.2 Å². The molecule has 3 fully saturated rings. The van der Waals surface area contributed by atoms with Gasteiger partial charge in [-0.15, -0.1) is 0 Å². The molecule has 3 aliphatic heterocycles. The van der Waals surface area contributed by atoms with Gasteiger partial charge in [-0.1, -0.05) is 25.1 Å². The third kappa shape index (κ3) is 4.18. The van der Waals surface area contributed by atoms with E-state index in [1.165, 1.54) is 23.8 Å². The summed E-state index contributed by atoms with van der Waals surface area (Å²) < 4.78 is 0. The molecule has 2 atom stereocenters. The smallest absolute Gasteiger partial charge is 0.236 e. The summed E-state index contributed by atoms with van der Waals surface area (Å²) in [5, 5.41) is 4.61. The number of amides is 1. The lowest BCUT2D eigenvalue weighted by Crippen LogP contribution is -2.59. The Bertz CT molecular complexity index is 1000. The van der Waals surface area contributed by atoms with Crippen LogP contribution in [0.3, 0.4) is 0 Å². The van der Waals surface area contributed by atoms with E-state index in [0.717, 1.165) is 56.8 Å². The number of nitrogens with zero attached hydrogens (tertiary/aromatic N) is 4. The zero-order valence-electron chi connectivity index (χ0n) is 19.4. The number of aromatic nitrogens is 1. The Morgan fingerprint density at radius 1 is 1.25 bits per heavy atom. The standard InChI is InChI=1S/C26H35N5O/c1-19-12-21(22-6-5-20(13-27-2)25-23(22)4-3-9-29-25)15-31(14-19)24(32)16-30-10-7-26(8-11-30)17-28-18-26/h3-6,9,13,19,21,28H,7-8,10-12,14-18H2,1-2H3/t19-,21+/m1/s1. The van der Waals surface area contributed by atoms with Crippen molar-refractivity contribution in [2.24, 2.45) is 16.3 Å². The second kappa shape index (κ2) is 8.91. The van der Waals surface area contributed by atoms with Gasteiger partial charge in [0.15, 0.2) is 0 Å². The van der Waals surface area contributed by atoms with Gasteiger partial charge in [0.1, 0.15) is 0 Å². The number of nitrogens with one attached hydrogen (secondary N) is 1. The molecule has 2 aromatic rings. The van der Waals surface area contributed by atoms with Crippen molar-refractivity contribution in [3.05, 3.63) is 41.6 Å². The van der Waals surface area contributed by atoms with Crippen LogP contribution in [0.25, 0.3) is 10.9 Å². The van der Waals surface area contributed by atoms with Gasteiger partial charge in [0, 0.05) is 62.5 Å². The maximum absolute atomic E-state index is 13.3. The zero-order chi connectivity index (χ0) is 22.1. The molecule has 1 aromatic carbocycles. The number of rotatable bonds is 4. The van der Waals surface area contributed by atoms with Gasteiger partial charge in [0.2, 0.25) is 5.91 Å². The first-order chi connectivity index (χ1) is 15.6. The number of aliphatic imine (C=N–C) groups is 1. The number of fused-ring (bicyclic) bond motifs is 1. The fourth-order valence-electron chi connectivity index (χ4n) is 5.91. The third-order valence-electron chi connectivity index (χ3n) is 7.83. The van der Waals surface area contributed by atoms with Crippen LogP contribution in [0.2, 0.25) is 0 Å². The number of benzene rings is 1. The zero-order valence-corrected chi connectivity index (χ0v) is 19.4. The molecule has 1 N–H and O–H groups in total. The molecular weight excluding hydrogens is 398 g/mol. The Morgan fingerprint density at radius 2 is 2.06 bits per heavy atom. The number of pyridine rings is 1. The minimum atomic E-state index is 0.293. The molecule has 0 radical (unpaired) electrons. The van der Waals surface area contributed by atoms with Crippen molar-refractivity contribution in [1.82, 2.24) is 20.1 Å². The summed E-state index contributed by atoms with van der Waals surface area (Å²) in [6, 6.07) is 8.52. The van der Waals surface area contributed by atoms with E-state index in [2.05, 4.69) is 50.2 Å². The number of piperidine rings is 2. The van der Waals surface area contributed by atoms with E-state index in [4.69, 9.17) is 0 Å². The normalized spacial score (nSPS) is 26.0. The molecule has 1 amide bonds. The number of carbonyl (C=O) groups excluding carboxylic acids is 1. The van der Waals surface area contributed by atoms with Gasteiger partial charge in [0.05, 0.1) is 12.1 Å². The van der Waals surface area contributed by atoms with E-state index in [0.29, 0.717) is 29.7 Å². The summed E-state index contributed by atoms with van der Waals surface area (Å²) in [5.74, 6) is 1.13. The molecule has 170 valence electrons. The average Bonchev–Trinajstić information content (AvgIpc) is 2.78. The highest BCUT2D eigenvalue weighted by Crippen LogP contribution is 2.36. The molecule has 0 unspecified atom stereocenters. The average molecular weight is 434 g/mol. The molecule has 6 nitrogen and oxygen atoms in total. The lowest BCUT2D eigenvalue weighted by atomic mass is 9.73. The summed E-state index contributed by atoms with van der Waals surface area (Å²) in [7, 11) is 1.79. The summed E-state index contributed by atoms with van der Waals surface area (Å²) in [5.41, 5.74) is 3.88. The summed E-state index contributed by atoms with van der Waals surface area (Å²) >= 11 is 0. The fourth-order valence-corrected chi connectivity index (χ4v) is 5.91. The van der Waals surface area contributed by atoms with Gasteiger partial charge in [-0.2, -0.15) is 0 Å². The molecule has 32 heavy (non-hydrogen) atoms. The van der Waals surface area contributed by atoms with Crippen molar-refractivity contribution >= 4 is 23.0 Å².